The lowest BCUT2D eigenvalue weighted by Gasteiger charge is -2.26. The average Bonchev–Trinajstić information content (AvgIpc) is 2.34. The number of alkyl halides is 3. The minimum atomic E-state index is -4.47. The highest BCUT2D eigenvalue weighted by Gasteiger charge is 2.33. The van der Waals surface area contributed by atoms with Crippen LogP contribution in [0.2, 0.25) is 0 Å². The van der Waals surface area contributed by atoms with Gasteiger partial charge in [-0.3, -0.25) is 4.79 Å². The van der Waals surface area contributed by atoms with Crippen LogP contribution in [-0.2, 0) is 17.4 Å². The monoisotopic (exact) mass is 317 g/mol. The highest BCUT2D eigenvalue weighted by Crippen LogP contribution is 2.32. The van der Waals surface area contributed by atoms with Crippen LogP contribution in [0.15, 0.2) is 24.3 Å². The summed E-state index contributed by atoms with van der Waals surface area (Å²) in [5, 5.41) is 12.0. The van der Waals surface area contributed by atoms with Crippen molar-refractivity contribution in [1.29, 1.82) is 0 Å². The topological polar surface area (TPSA) is 49.3 Å². The molecule has 0 fully saturated rings. The summed E-state index contributed by atoms with van der Waals surface area (Å²) in [5.74, 6) is -0.463. The van der Waals surface area contributed by atoms with Gasteiger partial charge in [0.2, 0.25) is 5.91 Å². The van der Waals surface area contributed by atoms with Crippen LogP contribution in [0.3, 0.4) is 0 Å². The van der Waals surface area contributed by atoms with Crippen LogP contribution < -0.4 is 5.32 Å². The first kappa shape index (κ1) is 18.5. The molecule has 1 aromatic carbocycles. The van der Waals surface area contributed by atoms with E-state index in [0.29, 0.717) is 13.0 Å². The molecule has 1 unspecified atom stereocenters. The van der Waals surface area contributed by atoms with Crippen molar-refractivity contribution in [2.24, 2.45) is 5.41 Å². The molecule has 3 nitrogen and oxygen atoms in total. The van der Waals surface area contributed by atoms with Crippen LogP contribution in [0.1, 0.15) is 38.3 Å². The molecule has 2 N–H and O–H groups in total. The lowest BCUT2D eigenvalue weighted by atomic mass is 9.87. The molecule has 0 radical (unpaired) electrons. The molecule has 0 aliphatic carbocycles. The summed E-state index contributed by atoms with van der Waals surface area (Å²) in [7, 11) is 0. The molecule has 0 aliphatic rings. The Hall–Kier alpha value is -1.56. The number of carbonyl (C=O) groups excluding carboxylic acids is 1. The quantitative estimate of drug-likeness (QED) is 0.847. The van der Waals surface area contributed by atoms with E-state index >= 15 is 0 Å². The van der Waals surface area contributed by atoms with E-state index in [1.54, 1.807) is 6.92 Å². The second-order valence-electron chi connectivity index (χ2n) is 6.33. The molecule has 6 heteroatoms. The van der Waals surface area contributed by atoms with Gasteiger partial charge >= 0.3 is 6.18 Å². The van der Waals surface area contributed by atoms with Crippen LogP contribution in [0.5, 0.6) is 0 Å². The number of carbonyl (C=O) groups is 1. The molecule has 22 heavy (non-hydrogen) atoms. The molecule has 0 heterocycles. The van der Waals surface area contributed by atoms with Crippen molar-refractivity contribution in [3.63, 3.8) is 0 Å². The van der Waals surface area contributed by atoms with Gasteiger partial charge in [0.05, 0.1) is 18.1 Å². The summed E-state index contributed by atoms with van der Waals surface area (Å²) in [6.07, 6.45) is -4.80. The number of rotatable bonds is 6. The van der Waals surface area contributed by atoms with Crippen LogP contribution in [0.4, 0.5) is 13.2 Å². The van der Waals surface area contributed by atoms with Gasteiger partial charge in [-0.2, -0.15) is 13.2 Å². The number of nitrogens with one attached hydrogen (secondary N) is 1. The fourth-order valence-electron chi connectivity index (χ4n) is 2.40. The molecule has 0 bridgehead atoms. The number of aliphatic hydroxyl groups is 1. The van der Waals surface area contributed by atoms with Crippen molar-refractivity contribution >= 4 is 5.91 Å². The Bertz CT molecular complexity index is 510. The van der Waals surface area contributed by atoms with Crippen LogP contribution in [0.25, 0.3) is 0 Å². The van der Waals surface area contributed by atoms with E-state index in [1.165, 1.54) is 18.2 Å². The lowest BCUT2D eigenvalue weighted by Crippen LogP contribution is -2.36. The normalized spacial score (nSPS) is 13.8. The molecular formula is C16H22F3NO2. The second-order valence-corrected chi connectivity index (χ2v) is 6.33. The van der Waals surface area contributed by atoms with Crippen molar-refractivity contribution in [2.75, 3.05) is 6.54 Å². The Morgan fingerprint density at radius 1 is 1.27 bits per heavy atom. The summed E-state index contributed by atoms with van der Waals surface area (Å²) in [4.78, 5) is 11.9. The number of hydrogen-bond donors (Lipinski definition) is 2. The Morgan fingerprint density at radius 3 is 2.41 bits per heavy atom. The van der Waals surface area contributed by atoms with Gasteiger partial charge in [0.15, 0.2) is 0 Å². The molecule has 0 saturated carbocycles. The molecule has 0 aliphatic heterocycles. The minimum absolute atomic E-state index is 0.0409. The van der Waals surface area contributed by atoms with E-state index in [4.69, 9.17) is 0 Å². The zero-order chi connectivity index (χ0) is 17.0. The maximum absolute atomic E-state index is 12.9. The summed E-state index contributed by atoms with van der Waals surface area (Å²) >= 11 is 0. The van der Waals surface area contributed by atoms with Gasteiger partial charge in [-0.1, -0.05) is 32.0 Å². The van der Waals surface area contributed by atoms with Crippen LogP contribution in [-0.4, -0.2) is 23.7 Å². The third-order valence-electron chi connectivity index (χ3n) is 3.29. The minimum Gasteiger partial charge on any atom is -0.393 e. The van der Waals surface area contributed by atoms with E-state index in [9.17, 15) is 23.1 Å². The first-order chi connectivity index (χ1) is 10.0. The predicted octanol–water partition coefficient (Wildman–Crippen LogP) is 3.16. The van der Waals surface area contributed by atoms with E-state index < -0.39 is 23.8 Å². The van der Waals surface area contributed by atoms with E-state index in [1.807, 2.05) is 13.8 Å². The smallest absolute Gasteiger partial charge is 0.393 e. The highest BCUT2D eigenvalue weighted by molar-refractivity contribution is 5.79. The third kappa shape index (κ3) is 6.05. The van der Waals surface area contributed by atoms with Crippen molar-refractivity contribution in [3.05, 3.63) is 35.4 Å². The van der Waals surface area contributed by atoms with Gasteiger partial charge in [-0.05, 0) is 30.4 Å². The number of amides is 1. The number of aliphatic hydroxyl groups excluding tert-OH is 1. The van der Waals surface area contributed by atoms with Crippen LogP contribution in [0, 0.1) is 5.41 Å². The molecule has 0 aromatic heterocycles. The summed E-state index contributed by atoms with van der Waals surface area (Å²) in [6.45, 7) is 5.71. The predicted molar refractivity (Wildman–Crippen MR) is 78.2 cm³/mol. The van der Waals surface area contributed by atoms with E-state index in [2.05, 4.69) is 5.32 Å². The average molecular weight is 317 g/mol. The van der Waals surface area contributed by atoms with Crippen molar-refractivity contribution < 1.29 is 23.1 Å². The van der Waals surface area contributed by atoms with Crippen molar-refractivity contribution in [1.82, 2.24) is 5.32 Å². The van der Waals surface area contributed by atoms with Crippen molar-refractivity contribution in [3.8, 4) is 0 Å². The summed E-state index contributed by atoms with van der Waals surface area (Å²) < 4.78 is 38.6. The third-order valence-corrected chi connectivity index (χ3v) is 3.29. The first-order valence-corrected chi connectivity index (χ1v) is 7.11. The lowest BCUT2D eigenvalue weighted by molar-refractivity contribution is -0.138. The maximum atomic E-state index is 12.9. The van der Waals surface area contributed by atoms with Gasteiger partial charge in [-0.15, -0.1) is 0 Å². The summed E-state index contributed by atoms with van der Waals surface area (Å²) in [5.41, 5.74) is -1.15. The van der Waals surface area contributed by atoms with Gasteiger partial charge in [-0.25, -0.2) is 0 Å². The standard InChI is InChI=1S/C16H22F3NO2/c1-11(21)9-15(2,3)10-20-14(22)8-12-6-4-5-7-13(12)16(17,18)19/h4-7,11,21H,8-10H2,1-3H3,(H,20,22). The fraction of sp³-hybridized carbons (Fsp3) is 0.562. The Morgan fingerprint density at radius 2 is 1.86 bits per heavy atom. The Kier molecular flexibility index (Phi) is 6.00. The molecule has 124 valence electrons. The van der Waals surface area contributed by atoms with Crippen molar-refractivity contribution in [2.45, 2.75) is 45.9 Å². The SMILES string of the molecule is CC(O)CC(C)(C)CNC(=O)Cc1ccccc1C(F)(F)F. The van der Waals surface area contributed by atoms with Gasteiger partial charge in [0.1, 0.15) is 0 Å². The van der Waals surface area contributed by atoms with E-state index in [0.717, 1.165) is 6.07 Å². The van der Waals surface area contributed by atoms with Crippen LogP contribution >= 0.6 is 0 Å². The highest BCUT2D eigenvalue weighted by atomic mass is 19.4. The molecule has 1 rings (SSSR count). The number of benzene rings is 1. The maximum Gasteiger partial charge on any atom is 0.416 e. The molecule has 0 saturated heterocycles. The fourth-order valence-corrected chi connectivity index (χ4v) is 2.40. The Balaban J connectivity index is 2.67. The van der Waals surface area contributed by atoms with E-state index in [-0.39, 0.29) is 17.4 Å². The van der Waals surface area contributed by atoms with Gasteiger partial charge in [0.25, 0.3) is 0 Å². The second kappa shape index (κ2) is 7.13. The molecule has 1 aromatic rings. The zero-order valence-electron chi connectivity index (χ0n) is 13.0. The van der Waals surface area contributed by atoms with Gasteiger partial charge < -0.3 is 10.4 Å². The molecule has 1 amide bonds. The first-order valence-electron chi connectivity index (χ1n) is 7.11. The Labute approximate surface area is 128 Å². The molecule has 1 atom stereocenters. The number of halogens is 3. The summed E-state index contributed by atoms with van der Waals surface area (Å²) in [6, 6.07) is 5.06. The zero-order valence-corrected chi connectivity index (χ0v) is 13.0. The largest absolute Gasteiger partial charge is 0.416 e. The number of hydrogen-bond acceptors (Lipinski definition) is 2. The molecule has 0 spiro atoms. The van der Waals surface area contributed by atoms with Gasteiger partial charge in [0, 0.05) is 6.54 Å². The molecular weight excluding hydrogens is 295 g/mol.